The van der Waals surface area contributed by atoms with Gasteiger partial charge in [0, 0.05) is 5.56 Å². The third-order valence-corrected chi connectivity index (χ3v) is 4.82. The molecule has 2 heterocycles. The second-order valence-electron chi connectivity index (χ2n) is 5.75. The quantitative estimate of drug-likeness (QED) is 0.442. The van der Waals surface area contributed by atoms with Gasteiger partial charge >= 0.3 is 5.69 Å². The molecule has 0 unspecified atom stereocenters. The standard InChI is InChI=1S/C18H11Cl2N5O3/c19-11-5-2-6-12(13(11)20)25-17-14(22-18(25)28)16(21-8-26)23-15(24-17)9-3-1-4-10(27)7-9/h1-8,27H,(H,22,28)(H,21,23,24,26). The summed E-state index contributed by atoms with van der Waals surface area (Å²) in [5.74, 6) is 0.321. The number of phenolic OH excluding ortho intramolecular Hbond substituents is 1. The number of aromatic amines is 1. The number of carbonyl (C=O) groups is 1. The van der Waals surface area contributed by atoms with Crippen molar-refractivity contribution in [2.75, 3.05) is 5.32 Å². The molecule has 28 heavy (non-hydrogen) atoms. The number of hydrogen-bond donors (Lipinski definition) is 3. The molecule has 2 aromatic heterocycles. The van der Waals surface area contributed by atoms with Crippen molar-refractivity contribution in [1.82, 2.24) is 19.5 Å². The van der Waals surface area contributed by atoms with E-state index in [2.05, 4.69) is 20.3 Å². The third-order valence-electron chi connectivity index (χ3n) is 4.01. The molecule has 140 valence electrons. The molecule has 2 aromatic carbocycles. The molecule has 0 aliphatic heterocycles. The van der Waals surface area contributed by atoms with E-state index in [1.807, 2.05) is 0 Å². The number of phenols is 1. The zero-order chi connectivity index (χ0) is 19.8. The minimum absolute atomic E-state index is 0.0236. The van der Waals surface area contributed by atoms with Crippen LogP contribution in [0.1, 0.15) is 0 Å². The summed E-state index contributed by atoms with van der Waals surface area (Å²) in [5.41, 5.74) is 0.690. The van der Waals surface area contributed by atoms with Crippen LogP contribution in [-0.2, 0) is 4.79 Å². The summed E-state index contributed by atoms with van der Waals surface area (Å²) in [7, 11) is 0. The van der Waals surface area contributed by atoms with Crippen molar-refractivity contribution in [1.29, 1.82) is 0 Å². The first-order valence-corrected chi connectivity index (χ1v) is 8.72. The van der Waals surface area contributed by atoms with Crippen LogP contribution in [0.3, 0.4) is 0 Å². The van der Waals surface area contributed by atoms with Crippen molar-refractivity contribution in [3.05, 3.63) is 63.0 Å². The number of imidazole rings is 1. The maximum atomic E-state index is 12.6. The van der Waals surface area contributed by atoms with Crippen LogP contribution in [0.5, 0.6) is 5.75 Å². The maximum absolute atomic E-state index is 12.6. The summed E-state index contributed by atoms with van der Waals surface area (Å²) >= 11 is 12.4. The van der Waals surface area contributed by atoms with Crippen LogP contribution in [0.25, 0.3) is 28.2 Å². The lowest BCUT2D eigenvalue weighted by Gasteiger charge is -2.09. The number of halogens is 2. The van der Waals surface area contributed by atoms with Gasteiger partial charge in [0.25, 0.3) is 0 Å². The fourth-order valence-corrected chi connectivity index (χ4v) is 3.19. The second kappa shape index (κ2) is 6.99. The molecule has 0 aliphatic rings. The number of aromatic nitrogens is 4. The number of aromatic hydroxyl groups is 1. The summed E-state index contributed by atoms with van der Waals surface area (Å²) in [5, 5.41) is 12.6. The lowest BCUT2D eigenvalue weighted by atomic mass is 10.2. The predicted molar refractivity (Wildman–Crippen MR) is 106 cm³/mol. The van der Waals surface area contributed by atoms with E-state index in [-0.39, 0.29) is 38.6 Å². The Bertz CT molecular complexity index is 1280. The number of H-pyrrole nitrogens is 1. The number of anilines is 1. The Morgan fingerprint density at radius 1 is 1.14 bits per heavy atom. The molecule has 4 rings (SSSR count). The Labute approximate surface area is 167 Å². The zero-order valence-electron chi connectivity index (χ0n) is 14.0. The topological polar surface area (TPSA) is 113 Å². The summed E-state index contributed by atoms with van der Waals surface area (Å²) in [6.07, 6.45) is 0.441. The first kappa shape index (κ1) is 18.0. The zero-order valence-corrected chi connectivity index (χ0v) is 15.5. The summed E-state index contributed by atoms with van der Waals surface area (Å²) in [4.78, 5) is 35.0. The maximum Gasteiger partial charge on any atom is 0.332 e. The van der Waals surface area contributed by atoms with E-state index in [0.717, 1.165) is 0 Å². The normalized spacial score (nSPS) is 10.9. The van der Waals surface area contributed by atoms with Crippen molar-refractivity contribution in [2.24, 2.45) is 0 Å². The first-order chi connectivity index (χ1) is 13.5. The first-order valence-electron chi connectivity index (χ1n) is 7.96. The summed E-state index contributed by atoms with van der Waals surface area (Å²) in [6.45, 7) is 0. The van der Waals surface area contributed by atoms with E-state index in [9.17, 15) is 14.7 Å². The lowest BCUT2D eigenvalue weighted by molar-refractivity contribution is -0.105. The van der Waals surface area contributed by atoms with Gasteiger partial charge in [0.05, 0.1) is 15.7 Å². The Kier molecular flexibility index (Phi) is 4.50. The Hall–Kier alpha value is -3.36. The monoisotopic (exact) mass is 415 g/mol. The third kappa shape index (κ3) is 2.98. The minimum atomic E-state index is -0.532. The highest BCUT2D eigenvalue weighted by Gasteiger charge is 2.19. The van der Waals surface area contributed by atoms with Gasteiger partial charge in [-0.2, -0.15) is 0 Å². The average Bonchev–Trinajstić information content (AvgIpc) is 3.00. The predicted octanol–water partition coefficient (Wildman–Crippen LogP) is 3.36. The highest BCUT2D eigenvalue weighted by molar-refractivity contribution is 6.43. The number of nitrogens with zero attached hydrogens (tertiary/aromatic N) is 3. The second-order valence-corrected chi connectivity index (χ2v) is 6.53. The molecule has 0 bridgehead atoms. The molecule has 0 aliphatic carbocycles. The van der Waals surface area contributed by atoms with Gasteiger partial charge in [-0.15, -0.1) is 0 Å². The van der Waals surface area contributed by atoms with Crippen molar-refractivity contribution in [3.8, 4) is 22.8 Å². The molecule has 0 spiro atoms. The molecule has 0 atom stereocenters. The number of hydrogen-bond acceptors (Lipinski definition) is 5. The molecule has 0 radical (unpaired) electrons. The number of benzene rings is 2. The Morgan fingerprint density at radius 2 is 1.93 bits per heavy atom. The molecule has 1 amide bonds. The van der Waals surface area contributed by atoms with Crippen LogP contribution in [0, 0.1) is 0 Å². The molecule has 8 nitrogen and oxygen atoms in total. The van der Waals surface area contributed by atoms with Gasteiger partial charge in [-0.1, -0.05) is 41.4 Å². The van der Waals surface area contributed by atoms with Gasteiger partial charge in [0.2, 0.25) is 6.41 Å². The number of fused-ring (bicyclic) bond motifs is 1. The van der Waals surface area contributed by atoms with Gasteiger partial charge in [0.15, 0.2) is 17.3 Å². The van der Waals surface area contributed by atoms with Crippen LogP contribution in [0.2, 0.25) is 10.0 Å². The summed E-state index contributed by atoms with van der Waals surface area (Å²) in [6, 6.07) is 11.1. The number of amides is 1. The smallest absolute Gasteiger partial charge is 0.332 e. The van der Waals surface area contributed by atoms with Crippen LogP contribution in [0.4, 0.5) is 5.82 Å². The van der Waals surface area contributed by atoms with Gasteiger partial charge in [-0.25, -0.2) is 19.3 Å². The fraction of sp³-hybridized carbons (Fsp3) is 0. The average molecular weight is 416 g/mol. The summed E-state index contributed by atoms with van der Waals surface area (Å²) < 4.78 is 1.24. The van der Waals surface area contributed by atoms with E-state index in [1.165, 1.54) is 16.7 Å². The molecule has 0 saturated carbocycles. The van der Waals surface area contributed by atoms with E-state index in [0.29, 0.717) is 17.7 Å². The molecule has 4 aromatic rings. The van der Waals surface area contributed by atoms with E-state index in [1.54, 1.807) is 30.3 Å². The van der Waals surface area contributed by atoms with Gasteiger partial charge in [0.1, 0.15) is 11.3 Å². The van der Waals surface area contributed by atoms with Crippen LogP contribution in [0.15, 0.2) is 47.3 Å². The van der Waals surface area contributed by atoms with Crippen molar-refractivity contribution < 1.29 is 9.90 Å². The van der Waals surface area contributed by atoms with Gasteiger partial charge in [-0.3, -0.25) is 4.79 Å². The van der Waals surface area contributed by atoms with Crippen molar-refractivity contribution in [2.45, 2.75) is 0 Å². The molecular formula is C18H11Cl2N5O3. The van der Waals surface area contributed by atoms with E-state index >= 15 is 0 Å². The fourth-order valence-electron chi connectivity index (χ4n) is 2.81. The van der Waals surface area contributed by atoms with Crippen molar-refractivity contribution >= 4 is 46.6 Å². The van der Waals surface area contributed by atoms with Crippen molar-refractivity contribution in [3.63, 3.8) is 0 Å². The molecule has 0 saturated heterocycles. The van der Waals surface area contributed by atoms with Gasteiger partial charge in [-0.05, 0) is 24.3 Å². The molecular weight excluding hydrogens is 405 g/mol. The SMILES string of the molecule is O=CNc1nc(-c2cccc(O)c2)nc2c1[nH]c(=O)n2-c1cccc(Cl)c1Cl. The Balaban J connectivity index is 2.07. The number of carbonyl (C=O) groups excluding carboxylic acids is 1. The van der Waals surface area contributed by atoms with Gasteiger partial charge < -0.3 is 15.4 Å². The van der Waals surface area contributed by atoms with Crippen LogP contribution in [-0.4, -0.2) is 31.0 Å². The molecule has 10 heteroatoms. The molecule has 0 fully saturated rings. The largest absolute Gasteiger partial charge is 0.508 e. The molecule has 3 N–H and O–H groups in total. The highest BCUT2D eigenvalue weighted by atomic mass is 35.5. The lowest BCUT2D eigenvalue weighted by Crippen LogP contribution is -2.15. The van der Waals surface area contributed by atoms with E-state index in [4.69, 9.17) is 23.2 Å². The minimum Gasteiger partial charge on any atom is -0.508 e. The highest BCUT2D eigenvalue weighted by Crippen LogP contribution is 2.31. The van der Waals surface area contributed by atoms with Crippen LogP contribution < -0.4 is 11.0 Å². The number of nitrogens with one attached hydrogen (secondary N) is 2. The van der Waals surface area contributed by atoms with Crippen LogP contribution >= 0.6 is 23.2 Å². The number of rotatable bonds is 4. The van der Waals surface area contributed by atoms with E-state index < -0.39 is 5.69 Å². The Morgan fingerprint density at radius 3 is 2.68 bits per heavy atom.